The fraction of sp³-hybridized carbons (Fsp3) is 0.636. The van der Waals surface area contributed by atoms with E-state index in [2.05, 4.69) is 11.2 Å². The van der Waals surface area contributed by atoms with E-state index in [0.717, 1.165) is 29.2 Å². The molecule has 1 aliphatic rings. The molecule has 1 saturated heterocycles. The summed E-state index contributed by atoms with van der Waals surface area (Å²) in [6.45, 7) is -0.350. The first-order chi connectivity index (χ1) is 8.13. The molecular formula is C11H16N2O3S. The molecule has 94 valence electrons. The Kier molecular flexibility index (Phi) is 5.70. The molecule has 0 radical (unpaired) electrons. The number of nitrogens with zero attached hydrogens (tertiary/aromatic N) is 1. The molecule has 0 aromatic carbocycles. The highest BCUT2D eigenvalue weighted by Gasteiger charge is 2.20. The topological polar surface area (TPSA) is 69.6 Å². The van der Waals surface area contributed by atoms with Gasteiger partial charge < -0.3 is 15.3 Å². The van der Waals surface area contributed by atoms with Crippen LogP contribution in [0.25, 0.3) is 0 Å². The van der Waals surface area contributed by atoms with Crippen LogP contribution < -0.4 is 5.32 Å². The number of urea groups is 1. The first kappa shape index (κ1) is 13.7. The van der Waals surface area contributed by atoms with E-state index in [1.807, 2.05) is 11.8 Å². The second-order valence-electron chi connectivity index (χ2n) is 3.79. The van der Waals surface area contributed by atoms with Crippen LogP contribution in [0.2, 0.25) is 0 Å². The minimum atomic E-state index is -1.06. The van der Waals surface area contributed by atoms with Gasteiger partial charge >= 0.3 is 12.0 Å². The van der Waals surface area contributed by atoms with E-state index in [1.165, 1.54) is 0 Å². The lowest BCUT2D eigenvalue weighted by Crippen LogP contribution is -2.47. The van der Waals surface area contributed by atoms with Gasteiger partial charge in [0.15, 0.2) is 0 Å². The van der Waals surface area contributed by atoms with Gasteiger partial charge in [-0.25, -0.2) is 4.79 Å². The quantitative estimate of drug-likeness (QED) is 0.723. The van der Waals surface area contributed by atoms with E-state index in [4.69, 9.17) is 11.5 Å². The van der Waals surface area contributed by atoms with E-state index < -0.39 is 5.97 Å². The second-order valence-corrected chi connectivity index (χ2v) is 5.01. The fourth-order valence-electron chi connectivity index (χ4n) is 1.58. The van der Waals surface area contributed by atoms with E-state index in [9.17, 15) is 9.59 Å². The fourth-order valence-corrected chi connectivity index (χ4v) is 2.69. The van der Waals surface area contributed by atoms with Gasteiger partial charge in [-0.2, -0.15) is 11.8 Å². The van der Waals surface area contributed by atoms with Crippen molar-refractivity contribution in [3.63, 3.8) is 0 Å². The Balaban J connectivity index is 2.46. The molecule has 1 rings (SSSR count). The molecule has 0 aromatic rings. The molecule has 0 bridgehead atoms. The minimum Gasteiger partial charge on any atom is -0.480 e. The smallest absolute Gasteiger partial charge is 0.323 e. The zero-order chi connectivity index (χ0) is 12.7. The molecule has 0 atom stereocenters. The zero-order valence-corrected chi connectivity index (χ0v) is 10.3. The maximum Gasteiger partial charge on any atom is 0.323 e. The highest BCUT2D eigenvalue weighted by atomic mass is 32.2. The number of carbonyl (C=O) groups is 2. The SMILES string of the molecule is C#CCN(CC(=O)O)C(=O)NC1CCSCC1. The van der Waals surface area contributed by atoms with Crippen LogP contribution in [0, 0.1) is 12.3 Å². The van der Waals surface area contributed by atoms with Gasteiger partial charge in [0.05, 0.1) is 6.54 Å². The van der Waals surface area contributed by atoms with E-state index >= 15 is 0 Å². The molecular weight excluding hydrogens is 240 g/mol. The lowest BCUT2D eigenvalue weighted by atomic mass is 10.1. The van der Waals surface area contributed by atoms with Crippen LogP contribution in [-0.4, -0.2) is 52.6 Å². The maximum atomic E-state index is 11.8. The van der Waals surface area contributed by atoms with Gasteiger partial charge in [-0.1, -0.05) is 5.92 Å². The molecule has 0 aliphatic carbocycles. The predicted octanol–water partition coefficient (Wildman–Crippen LogP) is 0.611. The number of carbonyl (C=O) groups excluding carboxylic acids is 1. The summed E-state index contributed by atoms with van der Waals surface area (Å²) in [6.07, 6.45) is 6.96. The van der Waals surface area contributed by atoms with Gasteiger partial charge in [-0.05, 0) is 24.3 Å². The summed E-state index contributed by atoms with van der Waals surface area (Å²) in [5, 5.41) is 11.5. The Morgan fingerprint density at radius 1 is 1.47 bits per heavy atom. The Morgan fingerprint density at radius 2 is 2.12 bits per heavy atom. The number of hydrogen-bond donors (Lipinski definition) is 2. The van der Waals surface area contributed by atoms with E-state index in [-0.39, 0.29) is 25.2 Å². The van der Waals surface area contributed by atoms with Crippen molar-refractivity contribution in [2.75, 3.05) is 24.6 Å². The normalized spacial score (nSPS) is 15.9. The predicted molar refractivity (Wildman–Crippen MR) is 66.9 cm³/mol. The standard InChI is InChI=1S/C11H16N2O3S/c1-2-5-13(8-10(14)15)11(16)12-9-3-6-17-7-4-9/h1,9H,3-8H2,(H,12,16)(H,14,15). The monoisotopic (exact) mass is 256 g/mol. The van der Waals surface area contributed by atoms with Crippen molar-refractivity contribution in [3.05, 3.63) is 0 Å². The number of rotatable bonds is 4. The first-order valence-electron chi connectivity index (χ1n) is 5.42. The summed E-state index contributed by atoms with van der Waals surface area (Å²) < 4.78 is 0. The Labute approximate surface area is 105 Å². The largest absolute Gasteiger partial charge is 0.480 e. The number of aliphatic carboxylic acids is 1. The molecule has 0 spiro atoms. The highest BCUT2D eigenvalue weighted by Crippen LogP contribution is 2.16. The van der Waals surface area contributed by atoms with Gasteiger partial charge in [0.2, 0.25) is 0 Å². The van der Waals surface area contributed by atoms with Crippen LogP contribution in [0.15, 0.2) is 0 Å². The number of carboxylic acids is 1. The van der Waals surface area contributed by atoms with Crippen molar-refractivity contribution in [1.82, 2.24) is 10.2 Å². The first-order valence-corrected chi connectivity index (χ1v) is 6.57. The Hall–Kier alpha value is -1.35. The molecule has 0 aromatic heterocycles. The molecule has 1 fully saturated rings. The summed E-state index contributed by atoms with van der Waals surface area (Å²) in [7, 11) is 0. The number of nitrogens with one attached hydrogen (secondary N) is 1. The molecule has 0 saturated carbocycles. The van der Waals surface area contributed by atoms with Crippen molar-refractivity contribution in [2.45, 2.75) is 18.9 Å². The van der Waals surface area contributed by atoms with Crippen LogP contribution in [0.5, 0.6) is 0 Å². The van der Waals surface area contributed by atoms with Gasteiger partial charge in [0.1, 0.15) is 6.54 Å². The summed E-state index contributed by atoms with van der Waals surface area (Å²) in [6, 6.07) is -0.250. The molecule has 1 aliphatic heterocycles. The Morgan fingerprint density at radius 3 is 2.65 bits per heavy atom. The summed E-state index contributed by atoms with van der Waals surface area (Å²) in [4.78, 5) is 23.5. The van der Waals surface area contributed by atoms with Crippen molar-refractivity contribution < 1.29 is 14.7 Å². The summed E-state index contributed by atoms with van der Waals surface area (Å²) in [5.41, 5.74) is 0. The van der Waals surface area contributed by atoms with Crippen molar-refractivity contribution in [3.8, 4) is 12.3 Å². The van der Waals surface area contributed by atoms with Crippen molar-refractivity contribution >= 4 is 23.8 Å². The molecule has 2 amide bonds. The molecule has 0 unspecified atom stereocenters. The zero-order valence-electron chi connectivity index (χ0n) is 9.52. The van der Waals surface area contributed by atoms with Crippen LogP contribution >= 0.6 is 11.8 Å². The lowest BCUT2D eigenvalue weighted by Gasteiger charge is -2.26. The van der Waals surface area contributed by atoms with E-state index in [0.29, 0.717) is 0 Å². The molecule has 6 heteroatoms. The van der Waals surface area contributed by atoms with Crippen molar-refractivity contribution in [2.24, 2.45) is 0 Å². The van der Waals surface area contributed by atoms with Crippen LogP contribution in [-0.2, 0) is 4.79 Å². The van der Waals surface area contributed by atoms with Gasteiger partial charge in [-0.3, -0.25) is 4.79 Å². The van der Waals surface area contributed by atoms with Crippen molar-refractivity contribution in [1.29, 1.82) is 0 Å². The van der Waals surface area contributed by atoms with E-state index in [1.54, 1.807) is 0 Å². The second kappa shape index (κ2) is 7.07. The maximum absolute atomic E-state index is 11.8. The number of amides is 2. The van der Waals surface area contributed by atoms with Gasteiger partial charge in [0, 0.05) is 6.04 Å². The number of terminal acetylenes is 1. The molecule has 1 heterocycles. The average Bonchev–Trinajstić information content (AvgIpc) is 2.29. The van der Waals surface area contributed by atoms with Crippen LogP contribution in [0.1, 0.15) is 12.8 Å². The number of thioether (sulfide) groups is 1. The minimum absolute atomic E-state index is 0.0135. The van der Waals surface area contributed by atoms with Crippen LogP contribution in [0.3, 0.4) is 0 Å². The average molecular weight is 256 g/mol. The molecule has 2 N–H and O–H groups in total. The van der Waals surface area contributed by atoms with Crippen LogP contribution in [0.4, 0.5) is 4.79 Å². The summed E-state index contributed by atoms with van der Waals surface area (Å²) >= 11 is 1.86. The van der Waals surface area contributed by atoms with Gasteiger partial charge in [-0.15, -0.1) is 6.42 Å². The third-order valence-electron chi connectivity index (χ3n) is 2.44. The molecule has 5 nitrogen and oxygen atoms in total. The summed E-state index contributed by atoms with van der Waals surface area (Å²) in [5.74, 6) is 3.28. The molecule has 17 heavy (non-hydrogen) atoms. The number of hydrogen-bond acceptors (Lipinski definition) is 3. The van der Waals surface area contributed by atoms with Gasteiger partial charge in [0.25, 0.3) is 0 Å². The highest BCUT2D eigenvalue weighted by molar-refractivity contribution is 7.99. The lowest BCUT2D eigenvalue weighted by molar-refractivity contribution is -0.137. The Bertz CT molecular complexity index is 321. The third kappa shape index (κ3) is 5.00. The third-order valence-corrected chi connectivity index (χ3v) is 3.49. The number of carboxylic acid groups (broad SMARTS) is 1.